The third-order valence-electron chi connectivity index (χ3n) is 10.3. The highest BCUT2D eigenvalue weighted by atomic mass is 16.6. The monoisotopic (exact) mass is 374 g/mol. The third-order valence-corrected chi connectivity index (χ3v) is 10.3. The van der Waals surface area contributed by atoms with Gasteiger partial charge in [-0.1, -0.05) is 20.8 Å². The molecule has 0 aromatic rings. The fraction of sp³-hybridized carbons (Fsp3) is 0.958. The molecular formula is C24H38O3. The first-order valence-corrected chi connectivity index (χ1v) is 11.8. The summed E-state index contributed by atoms with van der Waals surface area (Å²) in [5.74, 6) is 7.02. The fourth-order valence-electron chi connectivity index (χ4n) is 8.87. The molecule has 152 valence electrons. The van der Waals surface area contributed by atoms with Gasteiger partial charge < -0.3 is 9.84 Å². The normalized spacial score (nSPS) is 50.1. The largest absolute Gasteiger partial charge is 0.459 e. The number of carbonyl (C=O) groups excluding carboxylic acids is 1. The molecule has 0 heterocycles. The zero-order valence-electron chi connectivity index (χ0n) is 17.4. The molecule has 3 nitrogen and oxygen atoms in total. The minimum absolute atomic E-state index is 0.152. The molecule has 0 spiro atoms. The van der Waals surface area contributed by atoms with Crippen molar-refractivity contribution in [3.05, 3.63) is 0 Å². The molecule has 0 aliphatic heterocycles. The number of aliphatic hydroxyl groups excluding tert-OH is 1. The molecule has 5 rings (SSSR count). The van der Waals surface area contributed by atoms with Crippen LogP contribution in [0.1, 0.15) is 78.6 Å². The first-order chi connectivity index (χ1) is 12.9. The Kier molecular flexibility index (Phi) is 4.42. The Morgan fingerprint density at radius 1 is 1.04 bits per heavy atom. The van der Waals surface area contributed by atoms with E-state index in [9.17, 15) is 9.90 Å². The van der Waals surface area contributed by atoms with E-state index in [1.165, 1.54) is 12.8 Å². The van der Waals surface area contributed by atoms with Crippen molar-refractivity contribution < 1.29 is 14.6 Å². The lowest BCUT2D eigenvalue weighted by atomic mass is 9.61. The highest BCUT2D eigenvalue weighted by Gasteiger charge is 2.66. The molecule has 0 aromatic carbocycles. The molecule has 5 fully saturated rings. The molecular weight excluding hydrogens is 336 g/mol. The van der Waals surface area contributed by atoms with Crippen LogP contribution in [0.25, 0.3) is 0 Å². The van der Waals surface area contributed by atoms with E-state index in [2.05, 4.69) is 20.8 Å². The van der Waals surface area contributed by atoms with Crippen molar-refractivity contribution in [1.29, 1.82) is 0 Å². The van der Waals surface area contributed by atoms with E-state index < -0.39 is 6.10 Å². The Morgan fingerprint density at radius 3 is 2.37 bits per heavy atom. The molecule has 0 radical (unpaired) electrons. The maximum atomic E-state index is 12.6. The minimum atomic E-state index is -0.490. The van der Waals surface area contributed by atoms with Crippen LogP contribution in [0.15, 0.2) is 0 Å². The predicted molar refractivity (Wildman–Crippen MR) is 105 cm³/mol. The second kappa shape index (κ2) is 6.47. The summed E-state index contributed by atoms with van der Waals surface area (Å²) in [7, 11) is 0. The number of ether oxygens (including phenoxy) is 1. The quantitative estimate of drug-likeness (QED) is 0.555. The van der Waals surface area contributed by atoms with E-state index >= 15 is 0 Å². The van der Waals surface area contributed by atoms with Crippen LogP contribution < -0.4 is 0 Å². The molecule has 0 aromatic heterocycles. The second-order valence-corrected chi connectivity index (χ2v) is 11.0. The topological polar surface area (TPSA) is 46.5 Å². The second-order valence-electron chi connectivity index (χ2n) is 11.0. The van der Waals surface area contributed by atoms with Gasteiger partial charge in [0.15, 0.2) is 0 Å². The average Bonchev–Trinajstić information content (AvgIpc) is 3.41. The summed E-state index contributed by atoms with van der Waals surface area (Å²) in [6.07, 6.45) is 8.88. The SMILES string of the molecule is CCC1(OC(=O)CC(O)C2CC3CC2C2C4CC(C(C)C4C)C32)CCCC1. The van der Waals surface area contributed by atoms with E-state index in [0.29, 0.717) is 11.8 Å². The molecule has 27 heavy (non-hydrogen) atoms. The Bertz CT molecular complexity index is 594. The van der Waals surface area contributed by atoms with Gasteiger partial charge in [0.2, 0.25) is 0 Å². The highest BCUT2D eigenvalue weighted by molar-refractivity contribution is 5.70. The summed E-state index contributed by atoms with van der Waals surface area (Å²) in [5, 5.41) is 11.0. The third kappa shape index (κ3) is 2.66. The van der Waals surface area contributed by atoms with Crippen molar-refractivity contribution >= 4 is 5.97 Å². The van der Waals surface area contributed by atoms with Gasteiger partial charge in [-0.3, -0.25) is 4.79 Å². The average molecular weight is 375 g/mol. The lowest BCUT2D eigenvalue weighted by molar-refractivity contribution is -0.163. The van der Waals surface area contributed by atoms with Crippen molar-refractivity contribution in [2.45, 2.75) is 90.3 Å². The number of fused-ring (bicyclic) bond motifs is 9. The Hall–Kier alpha value is -0.570. The standard InChI is InChI=1S/C24H38O3/c1-4-24(7-5-6-8-24)27-21(26)12-20(25)18-9-15-10-19(18)23-17-11-16(22(15)23)13(2)14(17)3/h13-20,22-23,25H,4-12H2,1-3H3. The molecule has 5 aliphatic carbocycles. The van der Waals surface area contributed by atoms with Crippen molar-refractivity contribution in [3.63, 3.8) is 0 Å². The number of aliphatic hydroxyl groups is 1. The summed E-state index contributed by atoms with van der Waals surface area (Å²) < 4.78 is 5.93. The molecule has 1 N–H and O–H groups in total. The van der Waals surface area contributed by atoms with Gasteiger partial charge in [0, 0.05) is 0 Å². The van der Waals surface area contributed by atoms with Crippen LogP contribution in [0.4, 0.5) is 0 Å². The maximum absolute atomic E-state index is 12.6. The summed E-state index contributed by atoms with van der Waals surface area (Å²) >= 11 is 0. The number of esters is 1. The van der Waals surface area contributed by atoms with Crippen LogP contribution in [0, 0.1) is 53.3 Å². The lowest BCUT2D eigenvalue weighted by Crippen LogP contribution is -2.42. The molecule has 4 bridgehead atoms. The van der Waals surface area contributed by atoms with Crippen molar-refractivity contribution in [2.24, 2.45) is 53.3 Å². The Balaban J connectivity index is 1.23. The van der Waals surface area contributed by atoms with Gasteiger partial charge in [-0.2, -0.15) is 0 Å². The summed E-state index contributed by atoms with van der Waals surface area (Å²) in [6.45, 7) is 7.07. The van der Waals surface area contributed by atoms with Crippen LogP contribution in [-0.2, 0) is 9.53 Å². The van der Waals surface area contributed by atoms with Gasteiger partial charge in [0.05, 0.1) is 12.5 Å². The molecule has 3 heteroatoms. The van der Waals surface area contributed by atoms with E-state index in [4.69, 9.17) is 4.74 Å². The van der Waals surface area contributed by atoms with Gasteiger partial charge in [0.25, 0.3) is 0 Å². The lowest BCUT2D eigenvalue weighted by Gasteiger charge is -2.44. The maximum Gasteiger partial charge on any atom is 0.308 e. The summed E-state index contributed by atoms with van der Waals surface area (Å²) in [4.78, 5) is 12.6. The summed E-state index contributed by atoms with van der Waals surface area (Å²) in [6, 6.07) is 0. The van der Waals surface area contributed by atoms with Crippen molar-refractivity contribution in [3.8, 4) is 0 Å². The fourth-order valence-corrected chi connectivity index (χ4v) is 8.87. The van der Waals surface area contributed by atoms with Gasteiger partial charge in [0.1, 0.15) is 5.60 Å². The molecule has 10 atom stereocenters. The van der Waals surface area contributed by atoms with Gasteiger partial charge in [-0.25, -0.2) is 0 Å². The van der Waals surface area contributed by atoms with E-state index in [-0.39, 0.29) is 18.0 Å². The predicted octanol–water partition coefficient (Wildman–Crippen LogP) is 4.81. The minimum Gasteiger partial charge on any atom is -0.459 e. The molecule has 5 saturated carbocycles. The van der Waals surface area contributed by atoms with E-state index in [0.717, 1.165) is 80.0 Å². The van der Waals surface area contributed by atoms with Crippen LogP contribution in [0.2, 0.25) is 0 Å². The molecule has 0 amide bonds. The Labute approximate surface area is 164 Å². The molecule has 0 saturated heterocycles. The van der Waals surface area contributed by atoms with Crippen LogP contribution >= 0.6 is 0 Å². The van der Waals surface area contributed by atoms with Gasteiger partial charge >= 0.3 is 5.97 Å². The Morgan fingerprint density at radius 2 is 1.70 bits per heavy atom. The van der Waals surface area contributed by atoms with Crippen LogP contribution in [0.3, 0.4) is 0 Å². The number of carbonyl (C=O) groups is 1. The molecule has 10 unspecified atom stereocenters. The number of hydrogen-bond acceptors (Lipinski definition) is 3. The van der Waals surface area contributed by atoms with Crippen LogP contribution in [-0.4, -0.2) is 22.8 Å². The van der Waals surface area contributed by atoms with Crippen molar-refractivity contribution in [1.82, 2.24) is 0 Å². The first kappa shape index (κ1) is 18.5. The highest BCUT2D eigenvalue weighted by Crippen LogP contribution is 2.71. The smallest absolute Gasteiger partial charge is 0.308 e. The zero-order valence-corrected chi connectivity index (χ0v) is 17.4. The van der Waals surface area contributed by atoms with Crippen LogP contribution in [0.5, 0.6) is 0 Å². The number of hydrogen-bond donors (Lipinski definition) is 1. The van der Waals surface area contributed by atoms with E-state index in [1.807, 2.05) is 0 Å². The summed E-state index contributed by atoms with van der Waals surface area (Å²) in [5.41, 5.74) is -0.229. The number of rotatable bonds is 5. The van der Waals surface area contributed by atoms with Crippen molar-refractivity contribution in [2.75, 3.05) is 0 Å². The molecule has 5 aliphatic rings. The first-order valence-electron chi connectivity index (χ1n) is 11.8. The zero-order chi connectivity index (χ0) is 18.9. The van der Waals surface area contributed by atoms with Gasteiger partial charge in [-0.15, -0.1) is 0 Å². The van der Waals surface area contributed by atoms with Gasteiger partial charge in [-0.05, 0) is 105 Å². The van der Waals surface area contributed by atoms with E-state index in [1.54, 1.807) is 0 Å².